The Balaban J connectivity index is -0.00000000333. The van der Waals surface area contributed by atoms with Crippen LogP contribution in [0.5, 0.6) is 0 Å². The summed E-state index contributed by atoms with van der Waals surface area (Å²) in [6.45, 7) is 0. The second-order valence-electron chi connectivity index (χ2n) is 0.447. The molecule has 5 heteroatoms. The normalized spacial score (nSPS) is 2.57. The van der Waals surface area contributed by atoms with Gasteiger partial charge in [0, 0.05) is 21.7 Å². The van der Waals surface area contributed by atoms with Gasteiger partial charge >= 0.3 is 0 Å². The minimum Gasteiger partial charge on any atom is -0.668 e. The molecule has 0 radical (unpaired) electrons. The van der Waals surface area contributed by atoms with E-state index in [1.165, 1.54) is 0 Å². The van der Waals surface area contributed by atoms with Crippen LogP contribution in [0.15, 0.2) is 0 Å². The molecule has 0 unspecified atom stereocenters. The Morgan fingerprint density at radius 1 is 0.857 bits per heavy atom. The molecule has 1 nitrogen and oxygen atoms in total. The monoisotopic (exact) mass is 200 g/mol. The molecule has 0 saturated carbocycles. The van der Waals surface area contributed by atoms with Crippen molar-refractivity contribution in [3.05, 3.63) is 5.32 Å². The maximum absolute atomic E-state index is 3.50. The van der Waals surface area contributed by atoms with E-state index in [2.05, 4.69) is 5.32 Å². The summed E-state index contributed by atoms with van der Waals surface area (Å²) < 4.78 is 0. The van der Waals surface area contributed by atoms with Gasteiger partial charge in [0.25, 0.3) is 0 Å². The summed E-state index contributed by atoms with van der Waals surface area (Å²) in [6, 6.07) is 0. The van der Waals surface area contributed by atoms with Crippen LogP contribution in [0.4, 0.5) is 0 Å². The Morgan fingerprint density at radius 3 is 0.857 bits per heavy atom. The fourth-order valence-electron chi connectivity index (χ4n) is 0. The van der Waals surface area contributed by atoms with Crippen LogP contribution in [0.3, 0.4) is 0 Å². The number of nitrogens with zero attached hydrogens (tertiary/aromatic N) is 1. The first-order valence-corrected chi connectivity index (χ1v) is 0.894. The molecule has 0 N–H and O–H groups in total. The van der Waals surface area contributed by atoms with Gasteiger partial charge in [-0.2, -0.15) is 14.1 Å². The van der Waals surface area contributed by atoms with Crippen molar-refractivity contribution >= 4 is 37.2 Å². The second kappa shape index (κ2) is 49.9. The van der Waals surface area contributed by atoms with Crippen LogP contribution in [-0.4, -0.2) is 14.1 Å². The Hall–Kier alpha value is 1.54. The zero-order valence-electron chi connectivity index (χ0n) is 4.17. The number of rotatable bonds is 0. The van der Waals surface area contributed by atoms with E-state index in [1.807, 2.05) is 0 Å². The molecule has 0 bridgehead atoms. The Kier molecular flexibility index (Phi) is 276. The molecule has 7 heavy (non-hydrogen) atoms. The summed E-state index contributed by atoms with van der Waals surface area (Å²) in [5, 5.41) is 3.50. The maximum Gasteiger partial charge on any atom is 0 e. The van der Waals surface area contributed by atoms with Crippen LogP contribution >= 0.6 is 37.2 Å². The van der Waals surface area contributed by atoms with Gasteiger partial charge in [0.2, 0.25) is 0 Å². The van der Waals surface area contributed by atoms with Crippen LogP contribution in [0, 0.1) is 0 Å². The van der Waals surface area contributed by atoms with Crippen molar-refractivity contribution < 1.29 is 21.7 Å². The quantitative estimate of drug-likeness (QED) is 0.531. The molecule has 0 amide bonds. The Labute approximate surface area is 78.1 Å². The van der Waals surface area contributed by atoms with E-state index in [0.29, 0.717) is 0 Å². The minimum absolute atomic E-state index is 0. The fraction of sp³-hybridized carbons (Fsp3) is 1.00. The van der Waals surface area contributed by atoms with E-state index in [0.717, 1.165) is 0 Å². The van der Waals surface area contributed by atoms with Crippen LogP contribution in [0.2, 0.25) is 0 Å². The summed E-state index contributed by atoms with van der Waals surface area (Å²) in [5.41, 5.74) is 0. The number of hydrogen-bond donors (Lipinski definition) is 0. The van der Waals surface area contributed by atoms with E-state index < -0.39 is 0 Å². The van der Waals surface area contributed by atoms with Crippen LogP contribution in [0.1, 0.15) is 0 Å². The van der Waals surface area contributed by atoms with E-state index in [9.17, 15) is 0 Å². The smallest absolute Gasteiger partial charge is 0 e. The molecule has 0 spiro atoms. The number of hydrogen-bond acceptors (Lipinski definition) is 0. The van der Waals surface area contributed by atoms with Gasteiger partial charge in [-0.1, -0.05) is 0 Å². The largest absolute Gasteiger partial charge is 0.668 e. The Bertz CT molecular complexity index is 12.9. The van der Waals surface area contributed by atoms with Crippen molar-refractivity contribution in [3.63, 3.8) is 0 Å². The molecule has 0 atom stereocenters. The SMILES string of the molecule is C[N-]C.Cl.Cl.Cl.[Ti]. The minimum atomic E-state index is 0. The summed E-state index contributed by atoms with van der Waals surface area (Å²) >= 11 is 0. The molecule has 0 aromatic rings. The van der Waals surface area contributed by atoms with E-state index in [-0.39, 0.29) is 58.9 Å². The van der Waals surface area contributed by atoms with Gasteiger partial charge in [-0.05, 0) is 0 Å². The molecule has 48 valence electrons. The molecular formula is C2H9Cl3NTi-. The van der Waals surface area contributed by atoms with Crippen LogP contribution in [0.25, 0.3) is 5.32 Å². The molecule has 0 aromatic carbocycles. The summed E-state index contributed by atoms with van der Waals surface area (Å²) in [7, 11) is 3.50. The third-order valence-electron chi connectivity index (χ3n) is 0. The number of halogens is 3. The Morgan fingerprint density at radius 2 is 0.857 bits per heavy atom. The molecule has 0 fully saturated rings. The van der Waals surface area contributed by atoms with Crippen LogP contribution in [-0.2, 0) is 21.7 Å². The average Bonchev–Trinajstić information content (AvgIpc) is 0.918. The maximum atomic E-state index is 3.50. The molecule has 0 aliphatic rings. The first-order valence-electron chi connectivity index (χ1n) is 0.894. The first-order chi connectivity index (χ1) is 1.41. The predicted octanol–water partition coefficient (Wildman–Crippen LogP) is 1.88. The van der Waals surface area contributed by atoms with E-state index in [4.69, 9.17) is 0 Å². The van der Waals surface area contributed by atoms with Gasteiger partial charge in [0.05, 0.1) is 0 Å². The zero-order valence-corrected chi connectivity index (χ0v) is 8.18. The van der Waals surface area contributed by atoms with Gasteiger partial charge in [-0.25, -0.2) is 0 Å². The molecule has 0 saturated heterocycles. The van der Waals surface area contributed by atoms with Crippen molar-refractivity contribution in [2.24, 2.45) is 0 Å². The molecule has 0 rings (SSSR count). The summed E-state index contributed by atoms with van der Waals surface area (Å²) in [4.78, 5) is 0. The van der Waals surface area contributed by atoms with Gasteiger partial charge in [-0.15, -0.1) is 37.2 Å². The van der Waals surface area contributed by atoms with Crippen LogP contribution < -0.4 is 0 Å². The molecular weight excluding hydrogens is 192 g/mol. The fourth-order valence-corrected chi connectivity index (χ4v) is 0. The summed E-state index contributed by atoms with van der Waals surface area (Å²) in [5.74, 6) is 0. The zero-order chi connectivity index (χ0) is 2.71. The second-order valence-corrected chi connectivity index (χ2v) is 0.447. The van der Waals surface area contributed by atoms with E-state index in [1.54, 1.807) is 14.1 Å². The standard InChI is InChI=1S/C2H6N.3ClH.Ti/c1-3-2;;;;/h1-2H3;3*1H;/q-1;;;;. The molecule has 0 aromatic heterocycles. The van der Waals surface area contributed by atoms with Crippen molar-refractivity contribution in [3.8, 4) is 0 Å². The predicted molar refractivity (Wildman–Crippen MR) is 37.0 cm³/mol. The van der Waals surface area contributed by atoms with Crippen molar-refractivity contribution in [1.29, 1.82) is 0 Å². The van der Waals surface area contributed by atoms with Gasteiger partial charge in [0.1, 0.15) is 0 Å². The van der Waals surface area contributed by atoms with Crippen molar-refractivity contribution in [2.75, 3.05) is 14.1 Å². The van der Waals surface area contributed by atoms with Crippen molar-refractivity contribution in [2.45, 2.75) is 0 Å². The molecule has 0 heterocycles. The van der Waals surface area contributed by atoms with Crippen molar-refractivity contribution in [1.82, 2.24) is 0 Å². The molecule has 0 aliphatic carbocycles. The first kappa shape index (κ1) is 38.7. The topological polar surface area (TPSA) is 14.1 Å². The van der Waals surface area contributed by atoms with Gasteiger partial charge in [-0.3, -0.25) is 0 Å². The van der Waals surface area contributed by atoms with Gasteiger partial charge < -0.3 is 5.32 Å². The van der Waals surface area contributed by atoms with Gasteiger partial charge in [0.15, 0.2) is 0 Å². The third-order valence-corrected chi connectivity index (χ3v) is 0. The van der Waals surface area contributed by atoms with E-state index >= 15 is 0 Å². The average molecular weight is 201 g/mol. The molecule has 0 aliphatic heterocycles. The summed E-state index contributed by atoms with van der Waals surface area (Å²) in [6.07, 6.45) is 0. The third kappa shape index (κ3) is 97.2.